The van der Waals surface area contributed by atoms with E-state index in [2.05, 4.69) is 15.9 Å². The Hall–Kier alpha value is -1.55. The highest BCUT2D eigenvalue weighted by Crippen LogP contribution is 2.34. The number of nitriles is 1. The van der Waals surface area contributed by atoms with E-state index < -0.39 is 34.4 Å². The molecule has 0 fully saturated rings. The molecule has 1 N–H and O–H groups in total. The van der Waals surface area contributed by atoms with Gasteiger partial charge in [0.1, 0.15) is 11.8 Å². The summed E-state index contributed by atoms with van der Waals surface area (Å²) in [6.07, 6.45) is -4.68. The summed E-state index contributed by atoms with van der Waals surface area (Å²) in [6, 6.07) is 2.43. The fourth-order valence-corrected chi connectivity index (χ4v) is 1.52. The van der Waals surface area contributed by atoms with Gasteiger partial charge in [-0.2, -0.15) is 18.4 Å². The van der Waals surface area contributed by atoms with Crippen LogP contribution >= 0.6 is 15.9 Å². The molecule has 17 heavy (non-hydrogen) atoms. The van der Waals surface area contributed by atoms with E-state index in [4.69, 9.17) is 5.26 Å². The lowest BCUT2D eigenvalue weighted by Gasteiger charge is -2.10. The lowest BCUT2D eigenvalue weighted by molar-refractivity contribution is -0.137. The molecule has 0 aliphatic carbocycles. The van der Waals surface area contributed by atoms with Crippen molar-refractivity contribution in [2.45, 2.75) is 6.18 Å². The largest absolute Gasteiger partial charge is 0.507 e. The Balaban J connectivity index is 3.48. The second kappa shape index (κ2) is 4.75. The highest BCUT2D eigenvalue weighted by atomic mass is 79.9. The molecule has 0 saturated carbocycles. The molecule has 0 amide bonds. The number of phenolic OH excluding ortho intramolecular Hbond substituents is 1. The van der Waals surface area contributed by atoms with Crippen molar-refractivity contribution in [3.05, 3.63) is 28.8 Å². The van der Waals surface area contributed by atoms with Gasteiger partial charge < -0.3 is 5.11 Å². The van der Waals surface area contributed by atoms with Crippen LogP contribution in [0, 0.1) is 11.3 Å². The minimum atomic E-state index is -4.68. The van der Waals surface area contributed by atoms with Crippen LogP contribution in [0.4, 0.5) is 13.2 Å². The molecule has 1 aromatic carbocycles. The van der Waals surface area contributed by atoms with Crippen LogP contribution in [-0.4, -0.2) is 16.2 Å². The van der Waals surface area contributed by atoms with Crippen LogP contribution in [-0.2, 0) is 6.18 Å². The fourth-order valence-electron chi connectivity index (χ4n) is 1.24. The van der Waals surface area contributed by atoms with Gasteiger partial charge >= 0.3 is 6.18 Å². The number of alkyl halides is 4. The molecule has 90 valence electrons. The van der Waals surface area contributed by atoms with Gasteiger partial charge in [-0.1, -0.05) is 15.9 Å². The number of aromatic hydroxyl groups is 1. The second-order valence-electron chi connectivity index (χ2n) is 3.08. The predicted octanol–water partition coefficient (Wildman–Crippen LogP) is 2.86. The van der Waals surface area contributed by atoms with Crippen molar-refractivity contribution < 1.29 is 23.1 Å². The number of phenols is 1. The highest BCUT2D eigenvalue weighted by molar-refractivity contribution is 9.09. The minimum Gasteiger partial charge on any atom is -0.507 e. The van der Waals surface area contributed by atoms with Crippen LogP contribution in [0.3, 0.4) is 0 Å². The smallest absolute Gasteiger partial charge is 0.416 e. The van der Waals surface area contributed by atoms with Crippen LogP contribution in [0.15, 0.2) is 12.1 Å². The number of benzene rings is 1. The Bertz CT molecular complexity index is 505. The Morgan fingerprint density at radius 2 is 2.06 bits per heavy atom. The zero-order valence-corrected chi connectivity index (χ0v) is 9.76. The summed E-state index contributed by atoms with van der Waals surface area (Å²) in [5.74, 6) is -1.51. The van der Waals surface area contributed by atoms with Gasteiger partial charge in [-0.15, -0.1) is 0 Å². The van der Waals surface area contributed by atoms with E-state index >= 15 is 0 Å². The molecule has 0 aromatic heterocycles. The third-order valence-corrected chi connectivity index (χ3v) is 2.47. The van der Waals surface area contributed by atoms with Crippen LogP contribution in [0.25, 0.3) is 0 Å². The zero-order chi connectivity index (χ0) is 13.2. The van der Waals surface area contributed by atoms with Crippen molar-refractivity contribution in [1.82, 2.24) is 0 Å². The summed E-state index contributed by atoms with van der Waals surface area (Å²) in [5, 5.41) is 17.9. The molecule has 3 nitrogen and oxygen atoms in total. The number of hydrogen-bond acceptors (Lipinski definition) is 3. The SMILES string of the molecule is N#Cc1cc(C(F)(F)F)cc(O)c1C(=O)CBr. The first-order valence-electron chi connectivity index (χ1n) is 4.24. The van der Waals surface area contributed by atoms with Gasteiger partial charge in [-0.3, -0.25) is 4.79 Å². The normalized spacial score (nSPS) is 11.0. The Morgan fingerprint density at radius 3 is 2.47 bits per heavy atom. The Morgan fingerprint density at radius 1 is 1.47 bits per heavy atom. The van der Waals surface area contributed by atoms with Crippen LogP contribution < -0.4 is 0 Å². The van der Waals surface area contributed by atoms with Gasteiger partial charge in [0.05, 0.1) is 22.0 Å². The summed E-state index contributed by atoms with van der Waals surface area (Å²) in [5.41, 5.74) is -2.07. The van der Waals surface area contributed by atoms with E-state index in [0.29, 0.717) is 12.1 Å². The standard InChI is InChI=1S/C10H5BrF3NO2/c11-3-8(17)9-5(4-15)1-6(2-7(9)16)10(12,13)14/h1-2,16H,3H2. The molecule has 0 aliphatic heterocycles. The lowest BCUT2D eigenvalue weighted by Crippen LogP contribution is -2.09. The van der Waals surface area contributed by atoms with Gasteiger partial charge in [0.15, 0.2) is 5.78 Å². The summed E-state index contributed by atoms with van der Waals surface area (Å²) < 4.78 is 37.2. The monoisotopic (exact) mass is 307 g/mol. The molecule has 1 aromatic rings. The van der Waals surface area contributed by atoms with Gasteiger partial charge in [-0.05, 0) is 12.1 Å². The highest BCUT2D eigenvalue weighted by Gasteiger charge is 2.33. The molecule has 0 saturated heterocycles. The van der Waals surface area contributed by atoms with Crippen molar-refractivity contribution >= 4 is 21.7 Å². The maximum atomic E-state index is 12.4. The summed E-state index contributed by atoms with van der Waals surface area (Å²) in [6.45, 7) is 0. The van der Waals surface area contributed by atoms with Crippen molar-refractivity contribution in [1.29, 1.82) is 5.26 Å². The quantitative estimate of drug-likeness (QED) is 0.675. The van der Waals surface area contributed by atoms with E-state index in [1.807, 2.05) is 0 Å². The number of nitrogens with zero attached hydrogens (tertiary/aromatic N) is 1. The molecule has 1 rings (SSSR count). The third kappa shape index (κ3) is 2.77. The lowest BCUT2D eigenvalue weighted by atomic mass is 10.0. The number of rotatable bonds is 2. The minimum absolute atomic E-state index is 0.194. The first kappa shape index (κ1) is 13.5. The first-order chi connectivity index (χ1) is 7.81. The number of halogens is 4. The second-order valence-corrected chi connectivity index (χ2v) is 3.65. The number of carbonyl (C=O) groups is 1. The van der Waals surface area contributed by atoms with Gasteiger partial charge in [0.2, 0.25) is 0 Å². The van der Waals surface area contributed by atoms with Crippen molar-refractivity contribution in [2.24, 2.45) is 0 Å². The van der Waals surface area contributed by atoms with E-state index in [1.54, 1.807) is 0 Å². The van der Waals surface area contributed by atoms with Crippen molar-refractivity contribution in [3.63, 3.8) is 0 Å². The van der Waals surface area contributed by atoms with Crippen LogP contribution in [0.2, 0.25) is 0 Å². The molecular weight excluding hydrogens is 303 g/mol. The fraction of sp³-hybridized carbons (Fsp3) is 0.200. The zero-order valence-electron chi connectivity index (χ0n) is 8.18. The van der Waals surface area contributed by atoms with Gasteiger partial charge in [-0.25, -0.2) is 0 Å². The van der Waals surface area contributed by atoms with E-state index in [9.17, 15) is 23.1 Å². The first-order valence-corrected chi connectivity index (χ1v) is 5.37. The predicted molar refractivity (Wildman–Crippen MR) is 55.9 cm³/mol. The average molecular weight is 308 g/mol. The maximum absolute atomic E-state index is 12.4. The molecule has 0 atom stereocenters. The summed E-state index contributed by atoms with van der Waals surface area (Å²) >= 11 is 2.81. The van der Waals surface area contributed by atoms with E-state index in [0.717, 1.165) is 0 Å². The summed E-state index contributed by atoms with van der Waals surface area (Å²) in [7, 11) is 0. The number of Topliss-reactive ketones (excluding diaryl/α,β-unsaturated/α-hetero) is 1. The molecule has 0 aliphatic rings. The van der Waals surface area contributed by atoms with Gasteiger partial charge in [0, 0.05) is 0 Å². The van der Waals surface area contributed by atoms with Crippen LogP contribution in [0.5, 0.6) is 5.75 Å². The molecule has 0 heterocycles. The van der Waals surface area contributed by atoms with E-state index in [-0.39, 0.29) is 5.33 Å². The third-order valence-electron chi connectivity index (χ3n) is 1.97. The van der Waals surface area contributed by atoms with Crippen LogP contribution in [0.1, 0.15) is 21.5 Å². The molecule has 0 spiro atoms. The average Bonchev–Trinajstić information content (AvgIpc) is 2.25. The van der Waals surface area contributed by atoms with E-state index in [1.165, 1.54) is 6.07 Å². The molecular formula is C10H5BrF3NO2. The molecule has 0 bridgehead atoms. The molecule has 0 radical (unpaired) electrons. The maximum Gasteiger partial charge on any atom is 0.416 e. The topological polar surface area (TPSA) is 61.1 Å². The molecule has 7 heteroatoms. The summed E-state index contributed by atoms with van der Waals surface area (Å²) in [4.78, 5) is 11.3. The number of hydrogen-bond donors (Lipinski definition) is 1. The Kier molecular flexibility index (Phi) is 3.78. The van der Waals surface area contributed by atoms with Crippen molar-refractivity contribution in [3.8, 4) is 11.8 Å². The number of ketones is 1. The van der Waals surface area contributed by atoms with Crippen molar-refractivity contribution in [2.75, 3.05) is 5.33 Å². The van der Waals surface area contributed by atoms with Gasteiger partial charge in [0.25, 0.3) is 0 Å². The number of carbonyl (C=O) groups excluding carboxylic acids is 1. The Labute approximate surface area is 103 Å². The molecule has 0 unspecified atom stereocenters.